The number of nitrogens with one attached hydrogen (secondary N) is 1. The van der Waals surface area contributed by atoms with E-state index in [2.05, 4.69) is 15.3 Å². The summed E-state index contributed by atoms with van der Waals surface area (Å²) >= 11 is 0. The SMILES string of the molecule is COc1cccc(Nc2cc(N3CCC[C@@H](C(=O)O)C3)nc(C)n2)c1. The van der Waals surface area contributed by atoms with Crippen LogP contribution < -0.4 is 15.0 Å². The number of carboxylic acid groups (broad SMARTS) is 1. The predicted molar refractivity (Wildman–Crippen MR) is 95.6 cm³/mol. The molecule has 7 nitrogen and oxygen atoms in total. The van der Waals surface area contributed by atoms with Gasteiger partial charge >= 0.3 is 5.97 Å². The van der Waals surface area contributed by atoms with Gasteiger partial charge in [0.25, 0.3) is 0 Å². The predicted octanol–water partition coefficient (Wildman–Crippen LogP) is 2.84. The molecule has 0 amide bonds. The van der Waals surface area contributed by atoms with E-state index in [0.29, 0.717) is 24.6 Å². The van der Waals surface area contributed by atoms with Crippen LogP contribution in [0.25, 0.3) is 0 Å². The zero-order chi connectivity index (χ0) is 17.8. The van der Waals surface area contributed by atoms with Gasteiger partial charge in [0, 0.05) is 30.9 Å². The van der Waals surface area contributed by atoms with Crippen molar-refractivity contribution in [1.29, 1.82) is 0 Å². The number of carboxylic acids is 1. The van der Waals surface area contributed by atoms with Gasteiger partial charge in [0.1, 0.15) is 23.2 Å². The molecule has 0 saturated carbocycles. The lowest BCUT2D eigenvalue weighted by atomic mass is 9.98. The van der Waals surface area contributed by atoms with Gasteiger partial charge in [-0.3, -0.25) is 4.79 Å². The Hall–Kier alpha value is -2.83. The van der Waals surface area contributed by atoms with Crippen LogP contribution in [0, 0.1) is 12.8 Å². The maximum atomic E-state index is 11.3. The van der Waals surface area contributed by atoms with Crippen molar-refractivity contribution in [2.45, 2.75) is 19.8 Å². The first-order chi connectivity index (χ1) is 12.0. The van der Waals surface area contributed by atoms with E-state index in [4.69, 9.17) is 4.74 Å². The summed E-state index contributed by atoms with van der Waals surface area (Å²) < 4.78 is 5.23. The van der Waals surface area contributed by atoms with Crippen molar-refractivity contribution in [2.24, 2.45) is 5.92 Å². The summed E-state index contributed by atoms with van der Waals surface area (Å²) in [6, 6.07) is 9.45. The molecule has 1 aromatic heterocycles. The minimum atomic E-state index is -0.745. The lowest BCUT2D eigenvalue weighted by Crippen LogP contribution is -2.39. The second-order valence-electron chi connectivity index (χ2n) is 6.14. The van der Waals surface area contributed by atoms with Crippen LogP contribution in [0.5, 0.6) is 5.75 Å². The molecule has 132 valence electrons. The van der Waals surface area contributed by atoms with Crippen LogP contribution in [0.15, 0.2) is 30.3 Å². The van der Waals surface area contributed by atoms with Crippen LogP contribution in [0.3, 0.4) is 0 Å². The third kappa shape index (κ3) is 4.17. The molecular formula is C18H22N4O3. The largest absolute Gasteiger partial charge is 0.497 e. The molecule has 1 aromatic carbocycles. The normalized spacial score (nSPS) is 17.2. The average Bonchev–Trinajstić information content (AvgIpc) is 2.61. The number of rotatable bonds is 5. The Morgan fingerprint density at radius 2 is 2.20 bits per heavy atom. The molecule has 0 radical (unpaired) electrons. The lowest BCUT2D eigenvalue weighted by Gasteiger charge is -2.31. The van der Waals surface area contributed by atoms with E-state index in [9.17, 15) is 9.90 Å². The topological polar surface area (TPSA) is 87.6 Å². The quantitative estimate of drug-likeness (QED) is 0.864. The molecule has 1 aliphatic rings. The Labute approximate surface area is 146 Å². The van der Waals surface area contributed by atoms with Gasteiger partial charge in [-0.15, -0.1) is 0 Å². The Kier molecular flexibility index (Phi) is 5.02. The molecule has 3 rings (SSSR count). The van der Waals surface area contributed by atoms with Gasteiger partial charge in [-0.25, -0.2) is 9.97 Å². The number of nitrogens with zero attached hydrogens (tertiary/aromatic N) is 3. The summed E-state index contributed by atoms with van der Waals surface area (Å²) in [5.41, 5.74) is 0.866. The van der Waals surface area contributed by atoms with Crippen LogP contribution in [0.4, 0.5) is 17.3 Å². The molecule has 2 N–H and O–H groups in total. The number of ether oxygens (including phenoxy) is 1. The van der Waals surface area contributed by atoms with E-state index in [0.717, 1.165) is 30.2 Å². The van der Waals surface area contributed by atoms with E-state index in [1.807, 2.05) is 42.2 Å². The summed E-state index contributed by atoms with van der Waals surface area (Å²) in [5.74, 6) is 1.73. The monoisotopic (exact) mass is 342 g/mol. The second-order valence-corrected chi connectivity index (χ2v) is 6.14. The smallest absolute Gasteiger partial charge is 0.308 e. The van der Waals surface area contributed by atoms with Crippen LogP contribution in [0.1, 0.15) is 18.7 Å². The van der Waals surface area contributed by atoms with Crippen molar-refractivity contribution in [3.63, 3.8) is 0 Å². The minimum absolute atomic E-state index is 0.348. The van der Waals surface area contributed by atoms with E-state index in [-0.39, 0.29) is 5.92 Å². The van der Waals surface area contributed by atoms with Crippen molar-refractivity contribution >= 4 is 23.3 Å². The molecule has 2 heterocycles. The molecule has 0 unspecified atom stereocenters. The van der Waals surface area contributed by atoms with Gasteiger partial charge in [0.15, 0.2) is 0 Å². The molecule has 7 heteroatoms. The first-order valence-electron chi connectivity index (χ1n) is 8.29. The molecule has 0 spiro atoms. The van der Waals surface area contributed by atoms with E-state index >= 15 is 0 Å². The van der Waals surface area contributed by atoms with Crippen molar-refractivity contribution in [3.8, 4) is 5.75 Å². The van der Waals surface area contributed by atoms with Crippen LogP contribution >= 0.6 is 0 Å². The Morgan fingerprint density at radius 3 is 2.96 bits per heavy atom. The van der Waals surface area contributed by atoms with Gasteiger partial charge in [0.05, 0.1) is 13.0 Å². The number of hydrogen-bond acceptors (Lipinski definition) is 6. The minimum Gasteiger partial charge on any atom is -0.497 e. The molecule has 1 saturated heterocycles. The molecule has 0 bridgehead atoms. The third-order valence-corrected chi connectivity index (χ3v) is 4.26. The molecule has 25 heavy (non-hydrogen) atoms. The molecule has 1 fully saturated rings. The van der Waals surface area contributed by atoms with Crippen molar-refractivity contribution in [3.05, 3.63) is 36.2 Å². The first kappa shape index (κ1) is 17.0. The summed E-state index contributed by atoms with van der Waals surface area (Å²) in [6.07, 6.45) is 1.56. The molecule has 1 aliphatic heterocycles. The van der Waals surface area contributed by atoms with E-state index in [1.165, 1.54) is 0 Å². The fourth-order valence-electron chi connectivity index (χ4n) is 3.01. The molecule has 0 aliphatic carbocycles. The number of hydrogen-bond donors (Lipinski definition) is 2. The van der Waals surface area contributed by atoms with Gasteiger partial charge in [-0.2, -0.15) is 0 Å². The van der Waals surface area contributed by atoms with Crippen LogP contribution in [-0.4, -0.2) is 41.2 Å². The van der Waals surface area contributed by atoms with Crippen LogP contribution in [0.2, 0.25) is 0 Å². The summed E-state index contributed by atoms with van der Waals surface area (Å²) in [6.45, 7) is 3.11. The fraction of sp³-hybridized carbons (Fsp3) is 0.389. The van der Waals surface area contributed by atoms with Gasteiger partial charge in [0.2, 0.25) is 0 Å². The number of piperidine rings is 1. The molecule has 2 aromatic rings. The number of methoxy groups -OCH3 is 1. The highest BCUT2D eigenvalue weighted by molar-refractivity contribution is 5.71. The van der Waals surface area contributed by atoms with Crippen molar-refractivity contribution in [2.75, 3.05) is 30.4 Å². The number of aromatic nitrogens is 2. The summed E-state index contributed by atoms with van der Waals surface area (Å²) in [4.78, 5) is 22.2. The maximum Gasteiger partial charge on any atom is 0.308 e. The molecular weight excluding hydrogens is 320 g/mol. The zero-order valence-corrected chi connectivity index (χ0v) is 14.4. The highest BCUT2D eigenvalue weighted by Crippen LogP contribution is 2.26. The lowest BCUT2D eigenvalue weighted by molar-refractivity contribution is -0.141. The summed E-state index contributed by atoms with van der Waals surface area (Å²) in [7, 11) is 1.63. The van der Waals surface area contributed by atoms with Gasteiger partial charge in [-0.1, -0.05) is 6.07 Å². The highest BCUT2D eigenvalue weighted by atomic mass is 16.5. The van der Waals surface area contributed by atoms with E-state index in [1.54, 1.807) is 7.11 Å². The third-order valence-electron chi connectivity index (χ3n) is 4.26. The average molecular weight is 342 g/mol. The number of carbonyl (C=O) groups is 1. The maximum absolute atomic E-state index is 11.3. The Balaban J connectivity index is 1.81. The van der Waals surface area contributed by atoms with Crippen LogP contribution in [-0.2, 0) is 4.79 Å². The highest BCUT2D eigenvalue weighted by Gasteiger charge is 2.26. The summed E-state index contributed by atoms with van der Waals surface area (Å²) in [5, 5.41) is 12.5. The van der Waals surface area contributed by atoms with E-state index < -0.39 is 5.97 Å². The van der Waals surface area contributed by atoms with Gasteiger partial charge < -0.3 is 20.1 Å². The van der Waals surface area contributed by atoms with Gasteiger partial charge in [-0.05, 0) is 31.9 Å². The van der Waals surface area contributed by atoms with Crippen molar-refractivity contribution in [1.82, 2.24) is 9.97 Å². The second kappa shape index (κ2) is 7.38. The number of anilines is 3. The number of benzene rings is 1. The standard InChI is InChI=1S/C18H22N4O3/c1-12-19-16(21-14-6-3-7-15(9-14)25-2)10-17(20-12)22-8-4-5-13(11-22)18(23)24/h3,6-7,9-10,13H,4-5,8,11H2,1-2H3,(H,23,24)(H,19,20,21)/t13-/m1/s1. The number of aryl methyl sites for hydroxylation is 1. The Morgan fingerprint density at radius 1 is 1.36 bits per heavy atom. The Bertz CT molecular complexity index is 766. The first-order valence-corrected chi connectivity index (χ1v) is 8.29. The van der Waals surface area contributed by atoms with Crippen molar-refractivity contribution < 1.29 is 14.6 Å². The zero-order valence-electron chi connectivity index (χ0n) is 14.4. The number of aliphatic carboxylic acids is 1. The fourth-order valence-corrected chi connectivity index (χ4v) is 3.01. The molecule has 1 atom stereocenters.